The second-order valence-electron chi connectivity index (χ2n) is 4.13. The minimum atomic E-state index is 0.457. The average Bonchev–Trinajstić information content (AvgIpc) is 2.31. The lowest BCUT2D eigenvalue weighted by Gasteiger charge is -2.17. The van der Waals surface area contributed by atoms with E-state index in [9.17, 15) is 0 Å². The van der Waals surface area contributed by atoms with E-state index in [2.05, 4.69) is 49.4 Å². The lowest BCUT2D eigenvalue weighted by Crippen LogP contribution is -2.21. The maximum Gasteiger partial charge on any atom is 0.0317 e. The number of aryl methyl sites for hydroxylation is 1. The maximum atomic E-state index is 5.23. The predicted molar refractivity (Wildman–Crippen MR) is 70.3 cm³/mol. The molecule has 16 heavy (non-hydrogen) atoms. The van der Waals surface area contributed by atoms with Gasteiger partial charge in [0.15, 0.2) is 0 Å². The molecule has 0 spiro atoms. The van der Waals surface area contributed by atoms with Crippen molar-refractivity contribution < 1.29 is 0 Å². The summed E-state index contributed by atoms with van der Waals surface area (Å²) < 4.78 is 0. The molecule has 1 aromatic rings. The molecular weight excluding hydrogens is 194 g/mol. The first kappa shape index (κ1) is 12.8. The Bertz CT molecular complexity index is 331. The van der Waals surface area contributed by atoms with Gasteiger partial charge in [0.2, 0.25) is 0 Å². The highest BCUT2D eigenvalue weighted by Crippen LogP contribution is 2.16. The number of nitrogens with one attached hydrogen (secondary N) is 1. The lowest BCUT2D eigenvalue weighted by molar-refractivity contribution is 0.513. The number of hydrogen-bond donors (Lipinski definition) is 1. The monoisotopic (exact) mass is 215 g/mol. The molecule has 1 aromatic carbocycles. The first-order chi connectivity index (χ1) is 7.77. The van der Waals surface area contributed by atoms with Gasteiger partial charge >= 0.3 is 0 Å². The Morgan fingerprint density at radius 2 is 2.00 bits per heavy atom. The van der Waals surface area contributed by atoms with Crippen LogP contribution in [0.15, 0.2) is 24.3 Å². The van der Waals surface area contributed by atoms with Crippen LogP contribution in [0.4, 0.5) is 0 Å². The zero-order valence-corrected chi connectivity index (χ0v) is 10.3. The van der Waals surface area contributed by atoms with Gasteiger partial charge in [0.1, 0.15) is 0 Å². The normalized spacial score (nSPS) is 12.1. The predicted octanol–water partition coefficient (Wildman–Crippen LogP) is 3.45. The summed E-state index contributed by atoms with van der Waals surface area (Å²) in [4.78, 5) is 0. The molecule has 0 amide bonds. The molecular formula is C15H21N. The van der Waals surface area contributed by atoms with E-state index < -0.39 is 0 Å². The summed E-state index contributed by atoms with van der Waals surface area (Å²) in [5.41, 5.74) is 2.68. The Balaban J connectivity index is 2.48. The third-order valence-electron chi connectivity index (χ3n) is 2.78. The Kier molecular flexibility index (Phi) is 5.67. The van der Waals surface area contributed by atoms with E-state index in [0.717, 1.165) is 25.8 Å². The van der Waals surface area contributed by atoms with Gasteiger partial charge in [-0.05, 0) is 31.9 Å². The van der Waals surface area contributed by atoms with Gasteiger partial charge in [0.05, 0.1) is 0 Å². The molecule has 1 rings (SSSR count). The highest BCUT2D eigenvalue weighted by atomic mass is 14.9. The topological polar surface area (TPSA) is 12.0 Å². The maximum absolute atomic E-state index is 5.23. The van der Waals surface area contributed by atoms with Crippen LogP contribution in [0.1, 0.15) is 43.4 Å². The fourth-order valence-electron chi connectivity index (χ4n) is 1.76. The van der Waals surface area contributed by atoms with Gasteiger partial charge in [-0.3, -0.25) is 0 Å². The van der Waals surface area contributed by atoms with Crippen molar-refractivity contribution in [1.29, 1.82) is 0 Å². The zero-order valence-electron chi connectivity index (χ0n) is 10.3. The van der Waals surface area contributed by atoms with Gasteiger partial charge in [-0.2, -0.15) is 0 Å². The van der Waals surface area contributed by atoms with Crippen molar-refractivity contribution in [2.75, 3.05) is 6.54 Å². The van der Waals surface area contributed by atoms with Crippen LogP contribution in [0.5, 0.6) is 0 Å². The van der Waals surface area contributed by atoms with Crippen LogP contribution in [0.25, 0.3) is 0 Å². The fraction of sp³-hybridized carbons (Fsp3) is 0.467. The first-order valence-corrected chi connectivity index (χ1v) is 6.01. The van der Waals surface area contributed by atoms with Gasteiger partial charge in [0, 0.05) is 12.5 Å². The molecule has 0 aliphatic carbocycles. The quantitative estimate of drug-likeness (QED) is 0.566. The highest BCUT2D eigenvalue weighted by molar-refractivity contribution is 5.24. The smallest absolute Gasteiger partial charge is 0.0317 e. The van der Waals surface area contributed by atoms with Crippen molar-refractivity contribution in [3.05, 3.63) is 35.4 Å². The number of hydrogen-bond acceptors (Lipinski definition) is 1. The van der Waals surface area contributed by atoms with Crippen LogP contribution >= 0.6 is 0 Å². The Morgan fingerprint density at radius 3 is 2.56 bits per heavy atom. The van der Waals surface area contributed by atoms with Gasteiger partial charge in [-0.15, -0.1) is 12.3 Å². The number of terminal acetylenes is 1. The molecule has 86 valence electrons. The second-order valence-corrected chi connectivity index (χ2v) is 4.13. The van der Waals surface area contributed by atoms with Crippen molar-refractivity contribution >= 4 is 0 Å². The van der Waals surface area contributed by atoms with Crippen LogP contribution in [-0.2, 0) is 0 Å². The van der Waals surface area contributed by atoms with Crippen LogP contribution in [0, 0.1) is 19.3 Å². The Morgan fingerprint density at radius 1 is 1.31 bits per heavy atom. The summed E-state index contributed by atoms with van der Waals surface area (Å²) in [6.07, 6.45) is 8.25. The van der Waals surface area contributed by atoms with Crippen LogP contribution in [-0.4, -0.2) is 6.54 Å². The molecule has 0 aliphatic rings. The molecule has 0 aliphatic heterocycles. The van der Waals surface area contributed by atoms with Crippen molar-refractivity contribution in [2.45, 2.75) is 39.2 Å². The standard InChI is InChI=1S/C15H21N/c1-4-6-7-12-16-15(5-2)14-10-8-13(3)9-11-14/h1,8-11,15-16H,5-7,12H2,2-3H3. The lowest BCUT2D eigenvalue weighted by atomic mass is 10.0. The third kappa shape index (κ3) is 4.08. The SMILES string of the molecule is C#CCCCNC(CC)c1ccc(C)cc1. The minimum Gasteiger partial charge on any atom is -0.310 e. The molecule has 0 radical (unpaired) electrons. The van der Waals surface area contributed by atoms with E-state index in [0.29, 0.717) is 6.04 Å². The molecule has 1 unspecified atom stereocenters. The van der Waals surface area contributed by atoms with E-state index >= 15 is 0 Å². The summed E-state index contributed by atoms with van der Waals surface area (Å²) in [5.74, 6) is 2.67. The van der Waals surface area contributed by atoms with Crippen molar-refractivity contribution in [3.8, 4) is 12.3 Å². The third-order valence-corrected chi connectivity index (χ3v) is 2.78. The van der Waals surface area contributed by atoms with Gasteiger partial charge in [-0.25, -0.2) is 0 Å². The number of benzene rings is 1. The van der Waals surface area contributed by atoms with Crippen molar-refractivity contribution in [2.24, 2.45) is 0 Å². The molecule has 0 aromatic heterocycles. The zero-order chi connectivity index (χ0) is 11.8. The largest absolute Gasteiger partial charge is 0.310 e. The van der Waals surface area contributed by atoms with Crippen molar-refractivity contribution in [3.63, 3.8) is 0 Å². The molecule has 0 bridgehead atoms. The highest BCUT2D eigenvalue weighted by Gasteiger charge is 2.06. The van der Waals surface area contributed by atoms with E-state index in [1.165, 1.54) is 11.1 Å². The molecule has 0 saturated carbocycles. The van der Waals surface area contributed by atoms with Gasteiger partial charge in [-0.1, -0.05) is 36.8 Å². The Labute approximate surface area is 99.3 Å². The summed E-state index contributed by atoms with van der Waals surface area (Å²) in [6.45, 7) is 5.32. The van der Waals surface area contributed by atoms with E-state index in [1.807, 2.05) is 0 Å². The second kappa shape index (κ2) is 7.09. The van der Waals surface area contributed by atoms with Gasteiger partial charge in [0.25, 0.3) is 0 Å². The summed E-state index contributed by atoms with van der Waals surface area (Å²) in [5, 5.41) is 3.54. The summed E-state index contributed by atoms with van der Waals surface area (Å²) in [6, 6.07) is 9.20. The molecule has 0 heterocycles. The van der Waals surface area contributed by atoms with Crippen LogP contribution in [0.2, 0.25) is 0 Å². The molecule has 1 N–H and O–H groups in total. The summed E-state index contributed by atoms with van der Waals surface area (Å²) >= 11 is 0. The summed E-state index contributed by atoms with van der Waals surface area (Å²) in [7, 11) is 0. The Hall–Kier alpha value is -1.26. The molecule has 1 nitrogen and oxygen atoms in total. The average molecular weight is 215 g/mol. The van der Waals surface area contributed by atoms with Crippen LogP contribution < -0.4 is 5.32 Å². The molecule has 1 heteroatoms. The molecule has 0 saturated heterocycles. The minimum absolute atomic E-state index is 0.457. The fourth-order valence-corrected chi connectivity index (χ4v) is 1.76. The van der Waals surface area contributed by atoms with E-state index in [4.69, 9.17) is 6.42 Å². The van der Waals surface area contributed by atoms with E-state index in [1.54, 1.807) is 0 Å². The molecule has 0 fully saturated rings. The van der Waals surface area contributed by atoms with E-state index in [-0.39, 0.29) is 0 Å². The molecule has 1 atom stereocenters. The van der Waals surface area contributed by atoms with Crippen molar-refractivity contribution in [1.82, 2.24) is 5.32 Å². The number of rotatable bonds is 6. The van der Waals surface area contributed by atoms with Gasteiger partial charge < -0.3 is 5.32 Å². The first-order valence-electron chi connectivity index (χ1n) is 6.01. The van der Waals surface area contributed by atoms with Crippen LogP contribution in [0.3, 0.4) is 0 Å². The number of unbranched alkanes of at least 4 members (excludes halogenated alkanes) is 1.